The molecule has 0 unspecified atom stereocenters. The van der Waals surface area contributed by atoms with Gasteiger partial charge in [-0.3, -0.25) is 0 Å². The summed E-state index contributed by atoms with van der Waals surface area (Å²) < 4.78 is 16.7. The van der Waals surface area contributed by atoms with Crippen LogP contribution in [-0.4, -0.2) is 19.2 Å². The highest BCUT2D eigenvalue weighted by molar-refractivity contribution is 5.77. The Bertz CT molecular complexity index is 873. The Balaban J connectivity index is 1.83. The van der Waals surface area contributed by atoms with Crippen molar-refractivity contribution < 1.29 is 13.9 Å². The van der Waals surface area contributed by atoms with E-state index in [4.69, 9.17) is 24.1 Å². The van der Waals surface area contributed by atoms with Crippen LogP contribution in [0.2, 0.25) is 0 Å². The number of aryl methyl sites for hydroxylation is 1. The molecule has 5 heteroatoms. The van der Waals surface area contributed by atoms with E-state index in [2.05, 4.69) is 6.07 Å². The van der Waals surface area contributed by atoms with Crippen molar-refractivity contribution in [1.82, 2.24) is 4.98 Å². The third-order valence-electron chi connectivity index (χ3n) is 4.82. The molecule has 0 amide bonds. The molecule has 0 aliphatic carbocycles. The number of nitrogens with zero attached hydrogens (tertiary/aromatic N) is 2. The SMILES string of the molecule is COc1ccc(-c2nc(CCCCCCC#N)oc2-c2ccc(OC)cc2)cc1. The quantitative estimate of drug-likeness (QED) is 0.395. The number of unbranched alkanes of at least 4 members (excludes halogenated alkanes) is 4. The summed E-state index contributed by atoms with van der Waals surface area (Å²) >= 11 is 0. The van der Waals surface area contributed by atoms with E-state index < -0.39 is 0 Å². The Labute approximate surface area is 171 Å². The number of benzene rings is 2. The predicted octanol–water partition coefficient (Wildman–Crippen LogP) is 6.04. The van der Waals surface area contributed by atoms with Crippen LogP contribution in [0.3, 0.4) is 0 Å². The Kier molecular flexibility index (Phi) is 7.29. The third kappa shape index (κ3) is 5.39. The average molecular weight is 390 g/mol. The van der Waals surface area contributed by atoms with Crippen molar-refractivity contribution >= 4 is 0 Å². The van der Waals surface area contributed by atoms with Gasteiger partial charge in [0, 0.05) is 24.0 Å². The molecule has 5 nitrogen and oxygen atoms in total. The standard InChI is InChI=1S/C24H26N2O3/c1-27-20-13-9-18(10-14-20)23-24(19-11-15-21(28-2)16-12-19)29-22(26-23)8-6-4-3-5-7-17-25/h9-16H,3-8H2,1-2H3. The first-order valence-electron chi connectivity index (χ1n) is 9.90. The Hall–Kier alpha value is -3.26. The van der Waals surface area contributed by atoms with Crippen molar-refractivity contribution in [3.05, 3.63) is 54.4 Å². The highest BCUT2D eigenvalue weighted by Gasteiger charge is 2.17. The van der Waals surface area contributed by atoms with E-state index in [1.54, 1.807) is 14.2 Å². The maximum absolute atomic E-state index is 8.63. The van der Waals surface area contributed by atoms with E-state index >= 15 is 0 Å². The Morgan fingerprint density at radius 1 is 0.828 bits per heavy atom. The van der Waals surface area contributed by atoms with Crippen LogP contribution < -0.4 is 9.47 Å². The van der Waals surface area contributed by atoms with E-state index in [-0.39, 0.29) is 0 Å². The minimum Gasteiger partial charge on any atom is -0.497 e. The molecule has 3 aromatic rings. The van der Waals surface area contributed by atoms with Gasteiger partial charge in [-0.2, -0.15) is 5.26 Å². The molecule has 0 spiro atoms. The highest BCUT2D eigenvalue weighted by atomic mass is 16.5. The van der Waals surface area contributed by atoms with Gasteiger partial charge in [0.2, 0.25) is 0 Å². The molecule has 1 heterocycles. The summed E-state index contributed by atoms with van der Waals surface area (Å²) in [5.41, 5.74) is 2.78. The lowest BCUT2D eigenvalue weighted by Gasteiger charge is -2.04. The molecule has 150 valence electrons. The van der Waals surface area contributed by atoms with Crippen LogP contribution in [0, 0.1) is 11.3 Å². The van der Waals surface area contributed by atoms with E-state index in [1.807, 2.05) is 48.5 Å². The summed E-state index contributed by atoms with van der Waals surface area (Å²) in [4.78, 5) is 4.80. The molecule has 0 radical (unpaired) electrons. The molecule has 2 aromatic carbocycles. The van der Waals surface area contributed by atoms with Crippen molar-refractivity contribution in [2.75, 3.05) is 14.2 Å². The largest absolute Gasteiger partial charge is 0.497 e. The lowest BCUT2D eigenvalue weighted by atomic mass is 10.1. The van der Waals surface area contributed by atoms with Gasteiger partial charge in [-0.05, 0) is 61.4 Å². The van der Waals surface area contributed by atoms with E-state index in [0.717, 1.165) is 72.1 Å². The van der Waals surface area contributed by atoms with Gasteiger partial charge >= 0.3 is 0 Å². The van der Waals surface area contributed by atoms with Gasteiger partial charge in [-0.25, -0.2) is 4.98 Å². The molecule has 29 heavy (non-hydrogen) atoms. The number of hydrogen-bond acceptors (Lipinski definition) is 5. The minimum absolute atomic E-state index is 0.627. The predicted molar refractivity (Wildman–Crippen MR) is 113 cm³/mol. The monoisotopic (exact) mass is 390 g/mol. The third-order valence-corrected chi connectivity index (χ3v) is 4.82. The van der Waals surface area contributed by atoms with Gasteiger partial charge in [-0.15, -0.1) is 0 Å². The summed E-state index contributed by atoms with van der Waals surface area (Å²) in [5, 5.41) is 8.63. The molecule has 0 fully saturated rings. The second-order valence-corrected chi connectivity index (χ2v) is 6.81. The first-order chi connectivity index (χ1) is 14.2. The van der Waals surface area contributed by atoms with Crippen LogP contribution in [0.25, 0.3) is 22.6 Å². The lowest BCUT2D eigenvalue weighted by Crippen LogP contribution is -1.88. The Morgan fingerprint density at radius 3 is 2.00 bits per heavy atom. The number of aromatic nitrogens is 1. The van der Waals surface area contributed by atoms with Crippen LogP contribution in [0.4, 0.5) is 0 Å². The van der Waals surface area contributed by atoms with Crippen LogP contribution in [-0.2, 0) is 6.42 Å². The van der Waals surface area contributed by atoms with Crippen molar-refractivity contribution in [2.45, 2.75) is 38.5 Å². The molecule has 1 aromatic heterocycles. The van der Waals surface area contributed by atoms with Gasteiger partial charge in [0.15, 0.2) is 11.7 Å². The maximum Gasteiger partial charge on any atom is 0.195 e. The smallest absolute Gasteiger partial charge is 0.195 e. The number of oxazole rings is 1. The molecule has 0 aliphatic heterocycles. The number of nitriles is 1. The number of rotatable bonds is 10. The molecule has 0 saturated heterocycles. The van der Waals surface area contributed by atoms with Crippen LogP contribution >= 0.6 is 0 Å². The van der Waals surface area contributed by atoms with Crippen LogP contribution in [0.5, 0.6) is 11.5 Å². The maximum atomic E-state index is 8.63. The molecule has 0 saturated carbocycles. The lowest BCUT2D eigenvalue weighted by molar-refractivity contribution is 0.414. The topological polar surface area (TPSA) is 68.3 Å². The van der Waals surface area contributed by atoms with Gasteiger partial charge in [-0.1, -0.05) is 12.8 Å². The molecule has 3 rings (SSSR count). The molecule has 0 atom stereocenters. The number of ether oxygens (including phenoxy) is 2. The number of hydrogen-bond donors (Lipinski definition) is 0. The fraction of sp³-hybridized carbons (Fsp3) is 0.333. The summed E-state index contributed by atoms with van der Waals surface area (Å²) in [7, 11) is 3.31. The van der Waals surface area contributed by atoms with E-state index in [9.17, 15) is 0 Å². The minimum atomic E-state index is 0.627. The zero-order chi connectivity index (χ0) is 20.5. The summed E-state index contributed by atoms with van der Waals surface area (Å²) in [6.45, 7) is 0. The second-order valence-electron chi connectivity index (χ2n) is 6.81. The normalized spacial score (nSPS) is 10.5. The van der Waals surface area contributed by atoms with Crippen molar-refractivity contribution in [2.24, 2.45) is 0 Å². The van der Waals surface area contributed by atoms with Crippen molar-refractivity contribution in [1.29, 1.82) is 5.26 Å². The van der Waals surface area contributed by atoms with Crippen LogP contribution in [0.1, 0.15) is 38.0 Å². The first-order valence-corrected chi connectivity index (χ1v) is 9.90. The van der Waals surface area contributed by atoms with Gasteiger partial charge in [0.05, 0.1) is 20.3 Å². The van der Waals surface area contributed by atoms with Crippen LogP contribution in [0.15, 0.2) is 52.9 Å². The fourth-order valence-electron chi connectivity index (χ4n) is 3.19. The zero-order valence-corrected chi connectivity index (χ0v) is 17.0. The van der Waals surface area contributed by atoms with Crippen molar-refractivity contribution in [3.63, 3.8) is 0 Å². The number of methoxy groups -OCH3 is 2. The summed E-state index contributed by atoms with van der Waals surface area (Å²) in [5.74, 6) is 3.11. The van der Waals surface area contributed by atoms with E-state index in [0.29, 0.717) is 6.42 Å². The van der Waals surface area contributed by atoms with E-state index in [1.165, 1.54) is 0 Å². The average Bonchev–Trinajstić information content (AvgIpc) is 3.20. The molecule has 0 bridgehead atoms. The second kappa shape index (κ2) is 10.3. The summed E-state index contributed by atoms with van der Waals surface area (Å²) in [6, 6.07) is 17.8. The van der Waals surface area contributed by atoms with Gasteiger partial charge in [0.25, 0.3) is 0 Å². The fourth-order valence-corrected chi connectivity index (χ4v) is 3.19. The molecule has 0 N–H and O–H groups in total. The Morgan fingerprint density at radius 2 is 1.41 bits per heavy atom. The van der Waals surface area contributed by atoms with Gasteiger partial charge in [0.1, 0.15) is 17.2 Å². The molecule has 0 aliphatic rings. The van der Waals surface area contributed by atoms with Crippen molar-refractivity contribution in [3.8, 4) is 40.1 Å². The van der Waals surface area contributed by atoms with Gasteiger partial charge < -0.3 is 13.9 Å². The summed E-state index contributed by atoms with van der Waals surface area (Å²) in [6.07, 6.45) is 5.49. The zero-order valence-electron chi connectivity index (χ0n) is 17.0. The first kappa shape index (κ1) is 20.5. The molecular formula is C24H26N2O3. The highest BCUT2D eigenvalue weighted by Crippen LogP contribution is 2.34. The molecular weight excluding hydrogens is 364 g/mol.